The Labute approximate surface area is 193 Å². The van der Waals surface area contributed by atoms with E-state index in [1.54, 1.807) is 12.1 Å². The first-order valence-electron chi connectivity index (χ1n) is 9.71. The van der Waals surface area contributed by atoms with Crippen molar-refractivity contribution in [2.24, 2.45) is 0 Å². The van der Waals surface area contributed by atoms with Gasteiger partial charge >= 0.3 is 17.6 Å². The van der Waals surface area contributed by atoms with Gasteiger partial charge in [0, 0.05) is 17.2 Å². The van der Waals surface area contributed by atoms with Crippen LogP contribution in [0.25, 0.3) is 0 Å². The number of nitrogens with zero attached hydrogens (tertiary/aromatic N) is 1. The molecule has 0 fully saturated rings. The SMILES string of the molecule is C=[N+](O)c1c([NH2+]O)cccc1OC(=O)CCl.CC.CC.O=C(CCl)OC1=CC=CCC1. The molecule has 0 aliphatic heterocycles. The Morgan fingerprint density at radius 2 is 1.71 bits per heavy atom. The van der Waals surface area contributed by atoms with Gasteiger partial charge in [0.05, 0.1) is 0 Å². The minimum Gasteiger partial charge on any atom is -0.430 e. The number of nitrogens with two attached hydrogens (primary N) is 1. The number of quaternary nitrogens is 1. The molecule has 2 rings (SSSR count). The highest BCUT2D eigenvalue weighted by Crippen LogP contribution is 2.31. The summed E-state index contributed by atoms with van der Waals surface area (Å²) in [4.78, 5) is 21.7. The molecule has 8 nitrogen and oxygen atoms in total. The van der Waals surface area contributed by atoms with Crippen LogP contribution in [0.3, 0.4) is 0 Å². The first kappa shape index (κ1) is 30.8. The number of ether oxygens (including phenoxy) is 2. The van der Waals surface area contributed by atoms with Gasteiger partial charge in [-0.25, -0.2) is 5.21 Å². The number of halogens is 2. The van der Waals surface area contributed by atoms with E-state index in [9.17, 15) is 14.8 Å². The summed E-state index contributed by atoms with van der Waals surface area (Å²) >= 11 is 10.5. The number of allylic oxidation sites excluding steroid dienone is 4. The highest BCUT2D eigenvalue weighted by atomic mass is 35.5. The van der Waals surface area contributed by atoms with E-state index in [1.807, 2.05) is 39.8 Å². The summed E-state index contributed by atoms with van der Waals surface area (Å²) in [6, 6.07) is 4.51. The lowest BCUT2D eigenvalue weighted by Gasteiger charge is -2.07. The second-order valence-electron chi connectivity index (χ2n) is 5.04. The number of hydrogen-bond donors (Lipinski definition) is 3. The molecule has 10 heteroatoms. The molecule has 0 radical (unpaired) electrons. The van der Waals surface area contributed by atoms with Crippen molar-refractivity contribution in [3.8, 4) is 5.75 Å². The molecule has 4 N–H and O–H groups in total. The van der Waals surface area contributed by atoms with Crippen molar-refractivity contribution in [2.45, 2.75) is 40.5 Å². The van der Waals surface area contributed by atoms with Crippen LogP contribution in [-0.4, -0.2) is 45.6 Å². The Hall–Kier alpha value is -2.39. The third-order valence-electron chi connectivity index (χ3n) is 3.09. The van der Waals surface area contributed by atoms with Crippen molar-refractivity contribution in [2.75, 3.05) is 11.8 Å². The molecule has 0 unspecified atom stereocenters. The van der Waals surface area contributed by atoms with Gasteiger partial charge in [-0.2, -0.15) is 5.48 Å². The molecular weight excluding hydrogens is 447 g/mol. The van der Waals surface area contributed by atoms with E-state index in [-0.39, 0.29) is 34.9 Å². The summed E-state index contributed by atoms with van der Waals surface area (Å²) in [6.45, 7) is 11.2. The van der Waals surface area contributed by atoms with Gasteiger partial charge < -0.3 is 9.47 Å². The topological polar surface area (TPSA) is 113 Å². The lowest BCUT2D eigenvalue weighted by Crippen LogP contribution is -2.73. The van der Waals surface area contributed by atoms with E-state index in [4.69, 9.17) is 37.9 Å². The largest absolute Gasteiger partial charge is 0.430 e. The fourth-order valence-electron chi connectivity index (χ4n) is 1.99. The molecule has 1 aromatic carbocycles. The molecule has 0 saturated heterocycles. The molecule has 0 atom stereocenters. The van der Waals surface area contributed by atoms with E-state index >= 15 is 0 Å². The maximum absolute atomic E-state index is 11.0. The summed E-state index contributed by atoms with van der Waals surface area (Å²) in [6.07, 6.45) is 7.41. The number of carbonyl (C=O) groups excluding carboxylic acids is 2. The van der Waals surface area contributed by atoms with Crippen LogP contribution >= 0.6 is 23.2 Å². The van der Waals surface area contributed by atoms with Gasteiger partial charge in [0.1, 0.15) is 17.5 Å². The number of benzene rings is 1. The van der Waals surface area contributed by atoms with Gasteiger partial charge in [0.15, 0.2) is 6.72 Å². The number of alkyl halides is 2. The Kier molecular flexibility index (Phi) is 19.4. The standard InChI is InChI=1S/C9H10ClN2O4.C8H9ClO2.2C2H6/c1-12(15)9-6(11-14)3-2-4-7(9)16-8(13)5-10;9-6-8(10)11-7-4-2-1-3-5-7;2*1-2/h2-4,11,14-15H,1,5H2;1-2,4H,3,5-6H2;2*1-2H3/q+1;;;/p+1. The van der Waals surface area contributed by atoms with Gasteiger partial charge in [0.2, 0.25) is 11.4 Å². The first-order chi connectivity index (χ1) is 14.9. The van der Waals surface area contributed by atoms with Gasteiger partial charge in [0.25, 0.3) is 0 Å². The van der Waals surface area contributed by atoms with Crippen LogP contribution in [0.15, 0.2) is 42.2 Å². The zero-order chi connectivity index (χ0) is 24.2. The van der Waals surface area contributed by atoms with Gasteiger partial charge in [-0.15, -0.1) is 23.2 Å². The fraction of sp³-hybridized carbons (Fsp3) is 0.381. The highest BCUT2D eigenvalue weighted by Gasteiger charge is 2.25. The molecular formula is C21H32Cl2N2O6+2. The lowest BCUT2D eigenvalue weighted by atomic mass is 10.2. The Balaban J connectivity index is 0. The zero-order valence-corrected chi connectivity index (χ0v) is 19.8. The third kappa shape index (κ3) is 12.8. The number of carbonyl (C=O) groups is 2. The molecule has 0 bridgehead atoms. The van der Waals surface area contributed by atoms with Crippen LogP contribution in [-0.2, 0) is 14.3 Å². The van der Waals surface area contributed by atoms with Crippen LogP contribution in [0.4, 0.5) is 11.4 Å². The smallest absolute Gasteiger partial charge is 0.361 e. The number of para-hydroxylation sites is 1. The van der Waals surface area contributed by atoms with Gasteiger partial charge in [-0.3, -0.25) is 14.8 Å². The lowest BCUT2D eigenvalue weighted by molar-refractivity contribution is -0.830. The van der Waals surface area contributed by atoms with Crippen molar-refractivity contribution in [3.05, 3.63) is 42.2 Å². The summed E-state index contributed by atoms with van der Waals surface area (Å²) in [5.74, 6) is -0.673. The van der Waals surface area contributed by atoms with E-state index in [0.717, 1.165) is 18.3 Å². The number of rotatable bonds is 6. The first-order valence-corrected chi connectivity index (χ1v) is 10.8. The minimum absolute atomic E-state index is 0.0611. The molecule has 1 aliphatic rings. The van der Waals surface area contributed by atoms with E-state index in [0.29, 0.717) is 10.5 Å². The Bertz CT molecular complexity index is 751. The number of esters is 2. The molecule has 0 saturated carbocycles. The minimum atomic E-state index is -0.667. The maximum atomic E-state index is 11.0. The monoisotopic (exact) mass is 478 g/mol. The molecule has 174 valence electrons. The van der Waals surface area contributed by atoms with Crippen molar-refractivity contribution < 1.29 is 39.7 Å². The Morgan fingerprint density at radius 1 is 1.13 bits per heavy atom. The van der Waals surface area contributed by atoms with Gasteiger partial charge in [-0.05, 0) is 18.6 Å². The molecule has 31 heavy (non-hydrogen) atoms. The summed E-state index contributed by atoms with van der Waals surface area (Å²) in [5.41, 5.74) is 1.10. The molecule has 0 spiro atoms. The zero-order valence-electron chi connectivity index (χ0n) is 18.3. The normalized spacial score (nSPS) is 11.1. The van der Waals surface area contributed by atoms with Crippen molar-refractivity contribution in [1.29, 1.82) is 0 Å². The van der Waals surface area contributed by atoms with Crippen LogP contribution in [0, 0.1) is 0 Å². The molecule has 0 aromatic heterocycles. The highest BCUT2D eigenvalue weighted by molar-refractivity contribution is 6.26. The van der Waals surface area contributed by atoms with Crippen molar-refractivity contribution >= 4 is 53.2 Å². The second-order valence-corrected chi connectivity index (χ2v) is 5.57. The summed E-state index contributed by atoms with van der Waals surface area (Å²) < 4.78 is 10.2. The second kappa shape index (κ2) is 19.6. The van der Waals surface area contributed by atoms with Gasteiger partial charge in [-0.1, -0.05) is 45.9 Å². The van der Waals surface area contributed by atoms with E-state index in [1.165, 1.54) is 12.1 Å². The average Bonchev–Trinajstić information content (AvgIpc) is 2.82. The number of hydrogen-bond acceptors (Lipinski definition) is 6. The van der Waals surface area contributed by atoms with Crippen LogP contribution < -0.4 is 10.2 Å². The quantitative estimate of drug-likeness (QED) is 0.0824. The average molecular weight is 479 g/mol. The van der Waals surface area contributed by atoms with Crippen LogP contribution in [0.1, 0.15) is 40.5 Å². The van der Waals surface area contributed by atoms with Crippen LogP contribution in [0.5, 0.6) is 5.75 Å². The Morgan fingerprint density at radius 3 is 2.16 bits per heavy atom. The maximum Gasteiger partial charge on any atom is 0.361 e. The molecule has 1 aliphatic carbocycles. The molecule has 0 heterocycles. The molecule has 0 amide bonds. The predicted octanol–water partition coefficient (Wildman–Crippen LogP) is 4.20. The fourth-order valence-corrected chi connectivity index (χ4v) is 2.10. The summed E-state index contributed by atoms with van der Waals surface area (Å²) in [5, 5.41) is 18.2. The molecule has 1 aromatic rings. The summed E-state index contributed by atoms with van der Waals surface area (Å²) in [7, 11) is 0. The van der Waals surface area contributed by atoms with Crippen molar-refractivity contribution in [1.82, 2.24) is 0 Å². The van der Waals surface area contributed by atoms with Crippen LogP contribution in [0.2, 0.25) is 0 Å². The van der Waals surface area contributed by atoms with E-state index < -0.39 is 5.97 Å². The van der Waals surface area contributed by atoms with E-state index in [2.05, 4.69) is 6.72 Å². The predicted molar refractivity (Wildman–Crippen MR) is 121 cm³/mol. The third-order valence-corrected chi connectivity index (χ3v) is 3.53. The van der Waals surface area contributed by atoms with Crippen molar-refractivity contribution in [3.63, 3.8) is 0 Å².